The molecule has 0 fully saturated rings. The number of carboxylic acids is 1. The molecule has 0 saturated heterocycles. The van der Waals surface area contributed by atoms with E-state index in [-0.39, 0.29) is 18.1 Å². The summed E-state index contributed by atoms with van der Waals surface area (Å²) in [5.41, 5.74) is 6.46. The molecule has 1 heterocycles. The standard InChI is InChI=1S/C18H30N6O5S/c1-4-9(2)14(19)17(27)24-13(7-30)16(26)23-12(5-11-6-20-8-21-11)15(25)22-10(3)18(28)29/h6,8-10,12-14,30H,4-5,7,19H2,1-3H3,(H,20,21)(H,22,25)(H,23,26)(H,24,27)(H,28,29). The van der Waals surface area contributed by atoms with Crippen LogP contribution in [0.2, 0.25) is 0 Å². The molecule has 0 aliphatic carbocycles. The molecule has 1 aromatic heterocycles. The predicted octanol–water partition coefficient (Wildman–Crippen LogP) is -1.19. The van der Waals surface area contributed by atoms with Gasteiger partial charge in [0.2, 0.25) is 17.7 Å². The van der Waals surface area contributed by atoms with E-state index in [0.717, 1.165) is 0 Å². The minimum absolute atomic E-state index is 0.0191. The number of aliphatic carboxylic acids is 1. The van der Waals surface area contributed by atoms with Gasteiger partial charge >= 0.3 is 5.97 Å². The summed E-state index contributed by atoms with van der Waals surface area (Å²) in [4.78, 5) is 55.3. The third-order valence-electron chi connectivity index (χ3n) is 4.72. The Kier molecular flexibility index (Phi) is 10.3. The van der Waals surface area contributed by atoms with Crippen LogP contribution in [0.25, 0.3) is 0 Å². The number of amides is 3. The molecule has 0 aliphatic heterocycles. The van der Waals surface area contributed by atoms with Gasteiger partial charge in [-0.15, -0.1) is 0 Å². The zero-order chi connectivity index (χ0) is 22.8. The van der Waals surface area contributed by atoms with Crippen LogP contribution in [0.1, 0.15) is 32.9 Å². The first-order valence-corrected chi connectivity index (χ1v) is 10.2. The lowest BCUT2D eigenvalue weighted by atomic mass is 9.99. The quantitative estimate of drug-likeness (QED) is 0.199. The summed E-state index contributed by atoms with van der Waals surface area (Å²) in [6, 6.07) is -4.05. The fourth-order valence-corrected chi connectivity index (χ4v) is 2.71. The van der Waals surface area contributed by atoms with E-state index >= 15 is 0 Å². The van der Waals surface area contributed by atoms with Crippen molar-refractivity contribution in [3.05, 3.63) is 18.2 Å². The largest absolute Gasteiger partial charge is 0.480 e. The molecule has 12 heteroatoms. The van der Waals surface area contributed by atoms with Crippen molar-refractivity contribution in [2.24, 2.45) is 11.7 Å². The molecule has 0 spiro atoms. The molecule has 0 aliphatic rings. The van der Waals surface area contributed by atoms with Crippen molar-refractivity contribution < 1.29 is 24.3 Å². The predicted molar refractivity (Wildman–Crippen MR) is 113 cm³/mol. The highest BCUT2D eigenvalue weighted by Gasteiger charge is 2.30. The maximum absolute atomic E-state index is 12.7. The average Bonchev–Trinajstić information content (AvgIpc) is 3.22. The highest BCUT2D eigenvalue weighted by molar-refractivity contribution is 7.80. The molecule has 7 N–H and O–H groups in total. The van der Waals surface area contributed by atoms with Crippen LogP contribution < -0.4 is 21.7 Å². The van der Waals surface area contributed by atoms with Crippen LogP contribution in [-0.4, -0.2) is 68.7 Å². The SMILES string of the molecule is CCC(C)C(N)C(=O)NC(CS)C(=O)NC(Cc1cnc[nH]1)C(=O)NC(C)C(=O)O. The summed E-state index contributed by atoms with van der Waals surface area (Å²) in [6.45, 7) is 5.04. The van der Waals surface area contributed by atoms with Crippen LogP contribution >= 0.6 is 12.6 Å². The summed E-state index contributed by atoms with van der Waals surface area (Å²) >= 11 is 4.11. The first-order valence-electron chi connectivity index (χ1n) is 9.58. The van der Waals surface area contributed by atoms with Crippen LogP contribution in [0.15, 0.2) is 12.5 Å². The van der Waals surface area contributed by atoms with Crippen LogP contribution in [0, 0.1) is 5.92 Å². The second kappa shape index (κ2) is 12.2. The molecule has 5 atom stereocenters. The molecule has 3 amide bonds. The second-order valence-corrected chi connectivity index (χ2v) is 7.43. The Bertz CT molecular complexity index is 729. The second-order valence-electron chi connectivity index (χ2n) is 7.07. The van der Waals surface area contributed by atoms with E-state index in [1.807, 2.05) is 13.8 Å². The van der Waals surface area contributed by atoms with Crippen LogP contribution in [0.3, 0.4) is 0 Å². The van der Waals surface area contributed by atoms with Crippen molar-refractivity contribution in [1.29, 1.82) is 0 Å². The monoisotopic (exact) mass is 442 g/mol. The molecule has 11 nitrogen and oxygen atoms in total. The number of carboxylic acid groups (broad SMARTS) is 1. The maximum Gasteiger partial charge on any atom is 0.325 e. The van der Waals surface area contributed by atoms with Crippen molar-refractivity contribution in [3.63, 3.8) is 0 Å². The molecule has 0 radical (unpaired) electrons. The van der Waals surface area contributed by atoms with Crippen molar-refractivity contribution in [1.82, 2.24) is 25.9 Å². The number of carbonyl (C=O) groups is 4. The third-order valence-corrected chi connectivity index (χ3v) is 5.08. The Labute approximate surface area is 180 Å². The van der Waals surface area contributed by atoms with Crippen molar-refractivity contribution in [3.8, 4) is 0 Å². The molecule has 30 heavy (non-hydrogen) atoms. The fourth-order valence-electron chi connectivity index (χ4n) is 2.45. The number of H-pyrrole nitrogens is 1. The van der Waals surface area contributed by atoms with Gasteiger partial charge in [0, 0.05) is 24.1 Å². The highest BCUT2D eigenvalue weighted by Crippen LogP contribution is 2.06. The lowest BCUT2D eigenvalue weighted by molar-refractivity contribution is -0.141. The van der Waals surface area contributed by atoms with E-state index in [4.69, 9.17) is 10.8 Å². The average molecular weight is 443 g/mol. The lowest BCUT2D eigenvalue weighted by Gasteiger charge is -2.24. The minimum atomic E-state index is -1.21. The number of carbonyl (C=O) groups excluding carboxylic acids is 3. The van der Waals surface area contributed by atoms with Gasteiger partial charge in [-0.1, -0.05) is 20.3 Å². The van der Waals surface area contributed by atoms with E-state index in [0.29, 0.717) is 12.1 Å². The number of imidazole rings is 1. The summed E-state index contributed by atoms with van der Waals surface area (Å²) in [5, 5.41) is 16.4. The topological polar surface area (TPSA) is 179 Å². The van der Waals surface area contributed by atoms with Gasteiger partial charge in [-0.2, -0.15) is 12.6 Å². The molecule has 0 saturated carbocycles. The zero-order valence-corrected chi connectivity index (χ0v) is 18.1. The Morgan fingerprint density at radius 1 is 1.13 bits per heavy atom. The molecule has 5 unspecified atom stereocenters. The minimum Gasteiger partial charge on any atom is -0.480 e. The van der Waals surface area contributed by atoms with E-state index in [1.54, 1.807) is 0 Å². The summed E-state index contributed by atoms with van der Waals surface area (Å²) in [7, 11) is 0. The van der Waals surface area contributed by atoms with Gasteiger partial charge in [-0.25, -0.2) is 4.98 Å². The van der Waals surface area contributed by atoms with Gasteiger partial charge in [-0.05, 0) is 12.8 Å². The van der Waals surface area contributed by atoms with E-state index < -0.39 is 47.9 Å². The zero-order valence-electron chi connectivity index (χ0n) is 17.2. The van der Waals surface area contributed by atoms with Gasteiger partial charge in [0.25, 0.3) is 0 Å². The van der Waals surface area contributed by atoms with Gasteiger partial charge in [0.15, 0.2) is 0 Å². The molecule has 0 bridgehead atoms. The van der Waals surface area contributed by atoms with Crippen LogP contribution in [-0.2, 0) is 25.6 Å². The van der Waals surface area contributed by atoms with Gasteiger partial charge < -0.3 is 31.8 Å². The third kappa shape index (κ3) is 7.67. The Hall–Kier alpha value is -2.60. The van der Waals surface area contributed by atoms with Crippen LogP contribution in [0.5, 0.6) is 0 Å². The van der Waals surface area contributed by atoms with Gasteiger partial charge in [0.05, 0.1) is 12.4 Å². The molecule has 1 aromatic rings. The first kappa shape index (κ1) is 25.4. The van der Waals surface area contributed by atoms with Gasteiger partial charge in [0.1, 0.15) is 18.1 Å². The summed E-state index contributed by atoms with van der Waals surface area (Å²) in [6.07, 6.45) is 3.64. The lowest BCUT2D eigenvalue weighted by Crippen LogP contribution is -2.58. The number of rotatable bonds is 12. The first-order chi connectivity index (χ1) is 14.1. The van der Waals surface area contributed by atoms with Crippen LogP contribution in [0.4, 0.5) is 0 Å². The number of hydrogen-bond donors (Lipinski definition) is 7. The smallest absolute Gasteiger partial charge is 0.325 e. The number of aromatic nitrogens is 2. The number of nitrogens with two attached hydrogens (primary N) is 1. The molecule has 1 rings (SSSR count). The highest BCUT2D eigenvalue weighted by atomic mass is 32.1. The Balaban J connectivity index is 2.88. The maximum atomic E-state index is 12.7. The van der Waals surface area contributed by atoms with Crippen molar-refractivity contribution in [2.45, 2.75) is 57.8 Å². The molecular formula is C18H30N6O5S. The van der Waals surface area contributed by atoms with Gasteiger partial charge in [-0.3, -0.25) is 19.2 Å². The number of nitrogens with one attached hydrogen (secondary N) is 4. The number of hydrogen-bond acceptors (Lipinski definition) is 7. The Morgan fingerprint density at radius 3 is 2.23 bits per heavy atom. The normalized spacial score (nSPS) is 15.9. The summed E-state index contributed by atoms with van der Waals surface area (Å²) in [5.74, 6) is -3.13. The van der Waals surface area contributed by atoms with E-state index in [9.17, 15) is 19.2 Å². The number of aromatic amines is 1. The Morgan fingerprint density at radius 2 is 1.73 bits per heavy atom. The van der Waals surface area contributed by atoms with E-state index in [2.05, 4.69) is 38.5 Å². The van der Waals surface area contributed by atoms with E-state index in [1.165, 1.54) is 19.4 Å². The van der Waals surface area contributed by atoms with Crippen molar-refractivity contribution in [2.75, 3.05) is 5.75 Å². The summed E-state index contributed by atoms with van der Waals surface area (Å²) < 4.78 is 0. The van der Waals surface area contributed by atoms with Crippen molar-refractivity contribution >= 4 is 36.3 Å². The molecule has 0 aromatic carbocycles. The fraction of sp³-hybridized carbons (Fsp3) is 0.611. The molecule has 168 valence electrons. The number of thiol groups is 1. The number of nitrogens with zero attached hydrogens (tertiary/aromatic N) is 1. The molecular weight excluding hydrogens is 412 g/mol.